The molecular weight excluding hydrogens is 453 g/mol. The highest BCUT2D eigenvalue weighted by molar-refractivity contribution is 7.89. The van der Waals surface area contributed by atoms with E-state index in [2.05, 4.69) is 4.74 Å². The Morgan fingerprint density at radius 2 is 1.41 bits per heavy atom. The van der Waals surface area contributed by atoms with Gasteiger partial charge in [-0.2, -0.15) is 26.3 Å². The van der Waals surface area contributed by atoms with Crippen LogP contribution in [-0.4, -0.2) is 38.7 Å². The van der Waals surface area contributed by atoms with Gasteiger partial charge in [0.05, 0.1) is 0 Å². The lowest BCUT2D eigenvalue weighted by atomic mass is 10.0. The summed E-state index contributed by atoms with van der Waals surface area (Å²) >= 11 is 0. The van der Waals surface area contributed by atoms with Gasteiger partial charge >= 0.3 is 24.7 Å². The second kappa shape index (κ2) is 7.77. The van der Waals surface area contributed by atoms with E-state index in [4.69, 9.17) is 0 Å². The number of carbonyl (C=O) groups is 1. The number of hydrogen-bond acceptors (Lipinski definition) is 4. The lowest BCUT2D eigenvalue weighted by Gasteiger charge is -2.34. The van der Waals surface area contributed by atoms with Crippen LogP contribution in [0.3, 0.4) is 0 Å². The Morgan fingerprint density at radius 1 is 0.931 bits per heavy atom. The van der Waals surface area contributed by atoms with Crippen molar-refractivity contribution < 1.29 is 57.5 Å². The Balaban J connectivity index is 3.02. The Morgan fingerprint density at radius 3 is 1.86 bits per heavy atom. The van der Waals surface area contributed by atoms with E-state index in [1.54, 1.807) is 0 Å². The number of nitrogens with one attached hydrogen (secondary N) is 3. The van der Waals surface area contributed by atoms with Crippen LogP contribution < -0.4 is 20.3 Å². The van der Waals surface area contributed by atoms with Crippen molar-refractivity contribution in [3.05, 3.63) is 24.3 Å². The van der Waals surface area contributed by atoms with Crippen molar-refractivity contribution in [2.24, 2.45) is 0 Å². The van der Waals surface area contributed by atoms with Crippen LogP contribution in [0.1, 0.15) is 6.92 Å². The molecule has 0 aliphatic carbocycles. The highest BCUT2D eigenvalue weighted by atomic mass is 32.2. The summed E-state index contributed by atoms with van der Waals surface area (Å²) in [5.74, 6) is -1.27. The topological polar surface area (TPSA) is 96.5 Å². The lowest BCUT2D eigenvalue weighted by molar-refractivity contribution is -0.297. The Labute approximate surface area is 156 Å². The van der Waals surface area contributed by atoms with Gasteiger partial charge in [-0.05, 0) is 19.1 Å². The van der Waals surface area contributed by atoms with E-state index in [1.165, 1.54) is 0 Å². The van der Waals surface area contributed by atoms with Crippen LogP contribution in [0, 0.1) is 0 Å². The van der Waals surface area contributed by atoms with Gasteiger partial charge in [-0.1, -0.05) is 12.1 Å². The van der Waals surface area contributed by atoms with Crippen molar-refractivity contribution in [2.45, 2.75) is 36.1 Å². The molecule has 0 aliphatic heterocycles. The monoisotopic (exact) mass is 463 g/mol. The number of urea groups is 1. The highest BCUT2D eigenvalue weighted by Gasteiger charge is 2.68. The minimum absolute atomic E-state index is 0.423. The molecule has 0 radical (unpaired) electrons. The van der Waals surface area contributed by atoms with E-state index in [0.29, 0.717) is 17.4 Å². The Hall–Kier alpha value is -2.43. The fourth-order valence-electron chi connectivity index (χ4n) is 1.61. The van der Waals surface area contributed by atoms with Gasteiger partial charge in [0.15, 0.2) is 0 Å². The first-order valence-corrected chi connectivity index (χ1v) is 8.37. The predicted octanol–water partition coefficient (Wildman–Crippen LogP) is 2.96. The maximum atomic E-state index is 12.7. The molecule has 0 saturated carbocycles. The maximum Gasteiger partial charge on any atom is 0.573 e. The summed E-state index contributed by atoms with van der Waals surface area (Å²) < 4.78 is 140. The largest absolute Gasteiger partial charge is 0.573 e. The molecule has 17 heteroatoms. The first-order chi connectivity index (χ1) is 12.8. The van der Waals surface area contributed by atoms with Crippen LogP contribution in [0.15, 0.2) is 29.2 Å². The molecule has 0 atom stereocenters. The van der Waals surface area contributed by atoms with Crippen LogP contribution in [0.25, 0.3) is 0 Å². The van der Waals surface area contributed by atoms with Crippen LogP contribution in [0.2, 0.25) is 0 Å². The average molecular weight is 463 g/mol. The van der Waals surface area contributed by atoms with Gasteiger partial charge in [-0.15, -0.1) is 18.0 Å². The lowest BCUT2D eigenvalue weighted by Crippen LogP contribution is -2.67. The van der Waals surface area contributed by atoms with E-state index in [-0.39, 0.29) is 0 Å². The molecule has 0 spiro atoms. The molecule has 1 rings (SSSR count). The Bertz CT molecular complexity index is 835. The number of carbonyl (C=O) groups excluding carboxylic acids is 1. The third kappa shape index (κ3) is 6.02. The van der Waals surface area contributed by atoms with Crippen LogP contribution in [0.5, 0.6) is 5.75 Å². The molecule has 0 unspecified atom stereocenters. The number of rotatable bonds is 5. The third-order valence-electron chi connectivity index (χ3n) is 3.16. The molecule has 0 fully saturated rings. The molecule has 2 amide bonds. The van der Waals surface area contributed by atoms with Crippen molar-refractivity contribution in [1.82, 2.24) is 15.6 Å². The summed E-state index contributed by atoms with van der Waals surface area (Å²) in [5, 5.41) is 0.512. The first kappa shape index (κ1) is 24.6. The number of hydrazine groups is 1. The summed E-state index contributed by atoms with van der Waals surface area (Å²) in [6.45, 7) is -0.423. The minimum atomic E-state index is -6.02. The van der Waals surface area contributed by atoms with Crippen molar-refractivity contribution in [3.8, 4) is 5.75 Å². The number of halogens is 9. The van der Waals surface area contributed by atoms with Crippen LogP contribution >= 0.6 is 0 Å². The molecule has 0 aliphatic rings. The summed E-state index contributed by atoms with van der Waals surface area (Å²) in [7, 11) is -5.09. The van der Waals surface area contributed by atoms with Crippen molar-refractivity contribution in [3.63, 3.8) is 0 Å². The molecule has 0 bridgehead atoms. The van der Waals surface area contributed by atoms with Gasteiger partial charge in [0.2, 0.25) is 5.54 Å². The average Bonchev–Trinajstić information content (AvgIpc) is 2.49. The smallest absolute Gasteiger partial charge is 0.404 e. The van der Waals surface area contributed by atoms with Gasteiger partial charge in [0.1, 0.15) is 10.6 Å². The zero-order valence-corrected chi connectivity index (χ0v) is 14.6. The molecule has 29 heavy (non-hydrogen) atoms. The van der Waals surface area contributed by atoms with E-state index < -0.39 is 57.9 Å². The second-order valence-electron chi connectivity index (χ2n) is 5.30. The fraction of sp³-hybridized carbons (Fsp3) is 0.417. The molecule has 7 nitrogen and oxygen atoms in total. The summed E-state index contributed by atoms with van der Waals surface area (Å²) in [4.78, 5) is 11.2. The Kier molecular flexibility index (Phi) is 6.59. The third-order valence-corrected chi connectivity index (χ3v) is 4.45. The maximum absolute atomic E-state index is 12.7. The quantitative estimate of drug-likeness (QED) is 0.462. The van der Waals surface area contributed by atoms with E-state index >= 15 is 0 Å². The molecule has 166 valence electrons. The number of alkyl halides is 9. The minimum Gasteiger partial charge on any atom is -0.404 e. The molecule has 1 aromatic rings. The van der Waals surface area contributed by atoms with Crippen LogP contribution in [-0.2, 0) is 10.0 Å². The molecule has 0 aromatic heterocycles. The number of para-hydroxylation sites is 1. The zero-order chi connectivity index (χ0) is 22.9. The van der Waals surface area contributed by atoms with Crippen molar-refractivity contribution in [2.75, 3.05) is 0 Å². The summed E-state index contributed by atoms with van der Waals surface area (Å²) in [5.41, 5.74) is -3.77. The fourth-order valence-corrected chi connectivity index (χ4v) is 2.58. The molecule has 3 N–H and O–H groups in total. The molecular formula is C12H10F9N3O4S. The van der Waals surface area contributed by atoms with Gasteiger partial charge < -0.3 is 10.1 Å². The van der Waals surface area contributed by atoms with E-state index in [1.807, 2.05) is 0 Å². The summed E-state index contributed by atoms with van der Waals surface area (Å²) in [6, 6.07) is 0.714. The second-order valence-corrected chi connectivity index (χ2v) is 6.95. The standard InChI is InChI=1S/C12H10F9N3O4S/c1-9(10(13,14)15,11(16,17)18)22-8(25)23-24-29(26,27)7-5-3-2-4-6(7)28-12(19,20)21/h2-5,24H,1H3,(H2,22,23,25). The predicted molar refractivity (Wildman–Crippen MR) is 75.6 cm³/mol. The number of sulfonamides is 1. The van der Waals surface area contributed by atoms with Gasteiger partial charge in [0, 0.05) is 0 Å². The number of hydrogen-bond donors (Lipinski definition) is 3. The highest BCUT2D eigenvalue weighted by Crippen LogP contribution is 2.42. The van der Waals surface area contributed by atoms with Gasteiger partial charge in [0.25, 0.3) is 10.0 Å². The SMILES string of the molecule is CC(NC(=O)NNS(=O)(=O)c1ccccc1OC(F)(F)F)(C(F)(F)F)C(F)(F)F. The molecule has 1 aromatic carbocycles. The van der Waals surface area contributed by atoms with Gasteiger partial charge in [-0.25, -0.2) is 13.2 Å². The van der Waals surface area contributed by atoms with Crippen molar-refractivity contribution in [1.29, 1.82) is 0 Å². The van der Waals surface area contributed by atoms with Gasteiger partial charge in [-0.3, -0.25) is 5.43 Å². The van der Waals surface area contributed by atoms with Crippen molar-refractivity contribution >= 4 is 16.1 Å². The molecule has 0 heterocycles. The normalized spacial score (nSPS) is 13.7. The summed E-state index contributed by atoms with van der Waals surface area (Å²) in [6.07, 6.45) is -17.4. The zero-order valence-electron chi connectivity index (χ0n) is 13.8. The molecule has 0 saturated heterocycles. The van der Waals surface area contributed by atoms with E-state index in [0.717, 1.165) is 22.4 Å². The van der Waals surface area contributed by atoms with Crippen LogP contribution in [0.4, 0.5) is 44.3 Å². The van der Waals surface area contributed by atoms with E-state index in [9.17, 15) is 52.7 Å². The number of ether oxygens (including phenoxy) is 1. The first-order valence-electron chi connectivity index (χ1n) is 6.88. The number of amides is 2. The number of benzene rings is 1.